The zero-order valence-electron chi connectivity index (χ0n) is 7.63. The highest BCUT2D eigenvalue weighted by Crippen LogP contribution is 2.42. The lowest BCUT2D eigenvalue weighted by atomic mass is 10.1. The molecule has 3 aliphatic rings. The molecule has 2 aliphatic heterocycles. The third-order valence-electron chi connectivity index (χ3n) is 3.78. The fourth-order valence-corrected chi connectivity index (χ4v) is 3.00. The van der Waals surface area contributed by atoms with Gasteiger partial charge in [0.15, 0.2) is 0 Å². The highest BCUT2D eigenvalue weighted by molar-refractivity contribution is 4.98. The average Bonchev–Trinajstić information content (AvgIpc) is 2.86. The number of nitrogens with one attached hydrogen (secondary N) is 1. The van der Waals surface area contributed by atoms with E-state index in [9.17, 15) is 0 Å². The molecule has 0 spiro atoms. The Morgan fingerprint density at radius 1 is 1.08 bits per heavy atom. The summed E-state index contributed by atoms with van der Waals surface area (Å²) in [4.78, 5) is 2.79. The Balaban J connectivity index is 1.72. The molecule has 0 bridgehead atoms. The van der Waals surface area contributed by atoms with Crippen LogP contribution in [0.5, 0.6) is 0 Å². The molecule has 1 saturated carbocycles. The Morgan fingerprint density at radius 2 is 2.00 bits per heavy atom. The lowest BCUT2D eigenvalue weighted by Gasteiger charge is -2.34. The minimum atomic E-state index is 0.893. The summed E-state index contributed by atoms with van der Waals surface area (Å²) < 4.78 is 0. The van der Waals surface area contributed by atoms with Crippen molar-refractivity contribution in [1.29, 1.82) is 0 Å². The lowest BCUT2D eigenvalue weighted by Crippen LogP contribution is -2.51. The molecule has 2 saturated heterocycles. The van der Waals surface area contributed by atoms with Gasteiger partial charge in [-0.3, -0.25) is 4.90 Å². The van der Waals surface area contributed by atoms with Crippen LogP contribution in [0.15, 0.2) is 0 Å². The molecule has 0 aromatic carbocycles. The van der Waals surface area contributed by atoms with Crippen LogP contribution in [-0.2, 0) is 0 Å². The van der Waals surface area contributed by atoms with Crippen molar-refractivity contribution in [2.24, 2.45) is 5.92 Å². The summed E-state index contributed by atoms with van der Waals surface area (Å²) in [5.41, 5.74) is 0. The van der Waals surface area contributed by atoms with Crippen LogP contribution in [0.25, 0.3) is 0 Å². The molecule has 2 nitrogen and oxygen atoms in total. The lowest BCUT2D eigenvalue weighted by molar-refractivity contribution is 0.148. The zero-order valence-corrected chi connectivity index (χ0v) is 7.63. The quantitative estimate of drug-likeness (QED) is 0.621. The topological polar surface area (TPSA) is 15.3 Å². The van der Waals surface area contributed by atoms with E-state index in [0.29, 0.717) is 0 Å². The maximum absolute atomic E-state index is 3.49. The molecule has 1 N–H and O–H groups in total. The second-order valence-corrected chi connectivity index (χ2v) is 4.58. The Morgan fingerprint density at radius 3 is 2.83 bits per heavy atom. The van der Waals surface area contributed by atoms with Gasteiger partial charge in [0.25, 0.3) is 0 Å². The van der Waals surface area contributed by atoms with Crippen LogP contribution in [0, 0.1) is 5.92 Å². The van der Waals surface area contributed by atoms with Crippen molar-refractivity contribution in [3.8, 4) is 0 Å². The maximum atomic E-state index is 3.49. The first-order chi connectivity index (χ1) is 5.95. The predicted octanol–water partition coefficient (Wildman–Crippen LogP) is 0.833. The molecule has 12 heavy (non-hydrogen) atoms. The van der Waals surface area contributed by atoms with Gasteiger partial charge >= 0.3 is 0 Å². The van der Waals surface area contributed by atoms with Crippen LogP contribution >= 0.6 is 0 Å². The summed E-state index contributed by atoms with van der Waals surface area (Å²) in [7, 11) is 0. The Hall–Kier alpha value is -0.0800. The number of fused-ring (bicyclic) bond motifs is 1. The third kappa shape index (κ3) is 1.09. The first-order valence-electron chi connectivity index (χ1n) is 5.41. The van der Waals surface area contributed by atoms with Crippen LogP contribution in [-0.4, -0.2) is 36.6 Å². The van der Waals surface area contributed by atoms with Crippen molar-refractivity contribution in [3.05, 3.63) is 0 Å². The molecule has 0 aromatic rings. The van der Waals surface area contributed by atoms with Crippen LogP contribution in [0.4, 0.5) is 0 Å². The van der Waals surface area contributed by atoms with Gasteiger partial charge in [-0.2, -0.15) is 0 Å². The van der Waals surface area contributed by atoms with Gasteiger partial charge in [0.1, 0.15) is 0 Å². The minimum absolute atomic E-state index is 0.893. The molecule has 68 valence electrons. The predicted molar refractivity (Wildman–Crippen MR) is 49.1 cm³/mol. The van der Waals surface area contributed by atoms with Gasteiger partial charge in [-0.05, 0) is 31.6 Å². The summed E-state index contributed by atoms with van der Waals surface area (Å²) in [6.45, 7) is 3.79. The maximum Gasteiger partial charge on any atom is 0.0224 e. The van der Waals surface area contributed by atoms with E-state index in [1.165, 1.54) is 45.3 Å². The molecular formula is C10H18N2. The largest absolute Gasteiger partial charge is 0.314 e. The van der Waals surface area contributed by atoms with Crippen molar-refractivity contribution in [3.63, 3.8) is 0 Å². The average molecular weight is 166 g/mol. The van der Waals surface area contributed by atoms with Crippen molar-refractivity contribution in [1.82, 2.24) is 10.2 Å². The SMILES string of the molecule is C1CN2C(CCC2C2CC2)CN1. The second-order valence-electron chi connectivity index (χ2n) is 4.58. The molecule has 0 radical (unpaired) electrons. The molecule has 2 heterocycles. The molecule has 3 rings (SSSR count). The monoisotopic (exact) mass is 166 g/mol. The summed E-state index contributed by atoms with van der Waals surface area (Å²) in [6, 6.07) is 1.88. The molecule has 2 unspecified atom stereocenters. The molecular weight excluding hydrogens is 148 g/mol. The van der Waals surface area contributed by atoms with Crippen LogP contribution in [0.3, 0.4) is 0 Å². The standard InChI is InChI=1S/C10H18N2/c1-2-8(1)10-4-3-9-7-11-5-6-12(9)10/h8-11H,1-7H2. The summed E-state index contributed by atoms with van der Waals surface area (Å²) in [6.07, 6.45) is 5.97. The fraction of sp³-hybridized carbons (Fsp3) is 1.00. The van der Waals surface area contributed by atoms with Crippen molar-refractivity contribution >= 4 is 0 Å². The molecule has 0 amide bonds. The van der Waals surface area contributed by atoms with E-state index in [1.54, 1.807) is 0 Å². The van der Waals surface area contributed by atoms with Gasteiger partial charge in [0.05, 0.1) is 0 Å². The second kappa shape index (κ2) is 2.71. The first-order valence-corrected chi connectivity index (χ1v) is 5.41. The van der Waals surface area contributed by atoms with E-state index in [0.717, 1.165) is 18.0 Å². The molecule has 2 heteroatoms. The number of hydrogen-bond acceptors (Lipinski definition) is 2. The Bertz CT molecular complexity index is 177. The first kappa shape index (κ1) is 7.34. The van der Waals surface area contributed by atoms with Crippen molar-refractivity contribution in [2.45, 2.75) is 37.8 Å². The smallest absolute Gasteiger partial charge is 0.0224 e. The van der Waals surface area contributed by atoms with E-state index in [1.807, 2.05) is 0 Å². The fourth-order valence-electron chi connectivity index (χ4n) is 3.00. The zero-order chi connectivity index (χ0) is 7.97. The van der Waals surface area contributed by atoms with Crippen molar-refractivity contribution < 1.29 is 0 Å². The Labute approximate surface area is 74.3 Å². The number of nitrogens with zero attached hydrogens (tertiary/aromatic N) is 1. The highest BCUT2D eigenvalue weighted by atomic mass is 15.3. The van der Waals surface area contributed by atoms with Gasteiger partial charge < -0.3 is 5.32 Å². The Kier molecular flexibility index (Phi) is 1.66. The highest BCUT2D eigenvalue weighted by Gasteiger charge is 2.42. The van der Waals surface area contributed by atoms with Crippen LogP contribution in [0.2, 0.25) is 0 Å². The van der Waals surface area contributed by atoms with Gasteiger partial charge in [-0.25, -0.2) is 0 Å². The van der Waals surface area contributed by atoms with Gasteiger partial charge in [0, 0.05) is 31.7 Å². The van der Waals surface area contributed by atoms with E-state index < -0.39 is 0 Å². The van der Waals surface area contributed by atoms with Crippen LogP contribution in [0.1, 0.15) is 25.7 Å². The number of hydrogen-bond donors (Lipinski definition) is 1. The summed E-state index contributed by atoms with van der Waals surface area (Å²) >= 11 is 0. The summed E-state index contributed by atoms with van der Waals surface area (Å²) in [5, 5.41) is 3.49. The number of piperazine rings is 1. The van der Waals surface area contributed by atoms with Crippen molar-refractivity contribution in [2.75, 3.05) is 19.6 Å². The van der Waals surface area contributed by atoms with Crippen LogP contribution < -0.4 is 5.32 Å². The third-order valence-corrected chi connectivity index (χ3v) is 3.78. The molecule has 1 aliphatic carbocycles. The minimum Gasteiger partial charge on any atom is -0.314 e. The van der Waals surface area contributed by atoms with E-state index in [4.69, 9.17) is 0 Å². The van der Waals surface area contributed by atoms with E-state index in [-0.39, 0.29) is 0 Å². The number of rotatable bonds is 1. The summed E-state index contributed by atoms with van der Waals surface area (Å²) in [5.74, 6) is 1.09. The van der Waals surface area contributed by atoms with Gasteiger partial charge in [-0.1, -0.05) is 0 Å². The van der Waals surface area contributed by atoms with E-state index in [2.05, 4.69) is 10.2 Å². The normalized spacial score (nSPS) is 43.0. The van der Waals surface area contributed by atoms with E-state index >= 15 is 0 Å². The molecule has 0 aromatic heterocycles. The van der Waals surface area contributed by atoms with Gasteiger partial charge in [0.2, 0.25) is 0 Å². The van der Waals surface area contributed by atoms with Gasteiger partial charge in [-0.15, -0.1) is 0 Å². The molecule has 2 atom stereocenters. The molecule has 3 fully saturated rings.